The number of imide groups is 1. The Morgan fingerprint density at radius 3 is 2.72 bits per heavy atom. The Morgan fingerprint density at radius 1 is 1.25 bits per heavy atom. The van der Waals surface area contributed by atoms with Gasteiger partial charge in [0.15, 0.2) is 0 Å². The number of nitrogens with one attached hydrogen (secondary N) is 3. The van der Waals surface area contributed by atoms with Crippen LogP contribution in [0.4, 0.5) is 10.5 Å². The summed E-state index contributed by atoms with van der Waals surface area (Å²) in [6, 6.07) is 5.03. The van der Waals surface area contributed by atoms with Crippen molar-refractivity contribution >= 4 is 34.6 Å². The Hall–Kier alpha value is -2.90. The van der Waals surface area contributed by atoms with Gasteiger partial charge in [-0.3, -0.25) is 14.5 Å². The average Bonchev–Trinajstić information content (AvgIpc) is 3.12. The molecule has 170 valence electrons. The summed E-state index contributed by atoms with van der Waals surface area (Å²) in [5, 5.41) is 5.74. The summed E-state index contributed by atoms with van der Waals surface area (Å²) >= 11 is 0. The van der Waals surface area contributed by atoms with Crippen molar-refractivity contribution in [3.05, 3.63) is 24.0 Å². The Bertz CT molecular complexity index is 1100. The zero-order valence-corrected chi connectivity index (χ0v) is 19.0. The summed E-state index contributed by atoms with van der Waals surface area (Å²) in [4.78, 5) is 47.7. The van der Waals surface area contributed by atoms with Gasteiger partial charge in [-0.15, -0.1) is 0 Å². The summed E-state index contributed by atoms with van der Waals surface area (Å²) in [6.07, 6.45) is 5.77. The van der Waals surface area contributed by atoms with Crippen LogP contribution in [0.3, 0.4) is 0 Å². The number of aromatic amines is 1. The standard InChI is InChI=1S/C24H31N5O3/c1-14-10-23(2,3)13-24(11-14)21(31)29(22(32)28-24)12-19(30)25-16-7-8-17-18(9-16)27-20(26-17)15-5-4-6-15/h7-9,14-15H,4-6,10-13H2,1-3H3,(H,25,30)(H,26,27)(H,28,32). The van der Waals surface area contributed by atoms with Crippen molar-refractivity contribution in [3.8, 4) is 0 Å². The van der Waals surface area contributed by atoms with Crippen LogP contribution < -0.4 is 10.6 Å². The summed E-state index contributed by atoms with van der Waals surface area (Å²) in [7, 11) is 0. The number of imidazole rings is 1. The van der Waals surface area contributed by atoms with Gasteiger partial charge >= 0.3 is 6.03 Å². The van der Waals surface area contributed by atoms with Gasteiger partial charge in [0, 0.05) is 11.6 Å². The highest BCUT2D eigenvalue weighted by atomic mass is 16.2. The monoisotopic (exact) mass is 437 g/mol. The normalized spacial score (nSPS) is 27.6. The second kappa shape index (κ2) is 7.32. The van der Waals surface area contributed by atoms with Crippen LogP contribution in [0.15, 0.2) is 18.2 Å². The molecule has 5 rings (SSSR count). The Kier molecular flexibility index (Phi) is 4.80. The molecular formula is C24H31N5O3. The molecule has 1 aliphatic heterocycles. The number of rotatable bonds is 4. The molecule has 0 bridgehead atoms. The first-order valence-electron chi connectivity index (χ1n) is 11.6. The number of benzene rings is 1. The topological polar surface area (TPSA) is 107 Å². The molecule has 1 spiro atoms. The van der Waals surface area contributed by atoms with Crippen LogP contribution in [0.1, 0.15) is 71.0 Å². The predicted molar refractivity (Wildman–Crippen MR) is 121 cm³/mol. The van der Waals surface area contributed by atoms with E-state index in [1.165, 1.54) is 6.42 Å². The molecule has 4 amide bonds. The van der Waals surface area contributed by atoms with E-state index in [9.17, 15) is 14.4 Å². The predicted octanol–water partition coefficient (Wildman–Crippen LogP) is 3.91. The Morgan fingerprint density at radius 2 is 2.03 bits per heavy atom. The fourth-order valence-electron chi connectivity index (χ4n) is 5.98. The molecule has 2 atom stereocenters. The van der Waals surface area contributed by atoms with Crippen LogP contribution in [-0.4, -0.2) is 44.8 Å². The lowest BCUT2D eigenvalue weighted by atomic mass is 9.64. The molecule has 8 nitrogen and oxygen atoms in total. The fourth-order valence-corrected chi connectivity index (χ4v) is 5.98. The third-order valence-corrected chi connectivity index (χ3v) is 7.20. The maximum absolute atomic E-state index is 13.2. The molecular weight excluding hydrogens is 406 g/mol. The van der Waals surface area contributed by atoms with E-state index in [4.69, 9.17) is 0 Å². The molecule has 1 aromatic heterocycles. The van der Waals surface area contributed by atoms with Crippen molar-refractivity contribution in [2.45, 2.75) is 70.8 Å². The molecule has 3 aliphatic rings. The molecule has 2 unspecified atom stereocenters. The SMILES string of the molecule is CC1CC(C)(C)CC2(C1)NC(=O)N(CC(=O)Nc1ccc3nc(C4CCC4)[nH]c3c1)C2=O. The minimum Gasteiger partial charge on any atom is -0.342 e. The van der Waals surface area contributed by atoms with E-state index < -0.39 is 17.5 Å². The third-order valence-electron chi connectivity index (χ3n) is 7.20. The largest absolute Gasteiger partial charge is 0.342 e. The number of carbonyl (C=O) groups is 3. The van der Waals surface area contributed by atoms with Gasteiger partial charge in [0.2, 0.25) is 5.91 Å². The molecule has 3 N–H and O–H groups in total. The number of amides is 4. The highest BCUT2D eigenvalue weighted by Crippen LogP contribution is 2.46. The molecule has 2 aromatic rings. The van der Waals surface area contributed by atoms with E-state index in [1.54, 1.807) is 6.07 Å². The van der Waals surface area contributed by atoms with Crippen molar-refractivity contribution in [3.63, 3.8) is 0 Å². The number of nitrogens with zero attached hydrogens (tertiary/aromatic N) is 2. The van der Waals surface area contributed by atoms with Gasteiger partial charge in [0.05, 0.1) is 11.0 Å². The van der Waals surface area contributed by atoms with E-state index in [0.717, 1.165) is 41.0 Å². The molecule has 2 heterocycles. The van der Waals surface area contributed by atoms with Crippen LogP contribution in [0, 0.1) is 11.3 Å². The van der Waals surface area contributed by atoms with Crippen LogP contribution >= 0.6 is 0 Å². The summed E-state index contributed by atoms with van der Waals surface area (Å²) in [6.45, 7) is 6.07. The molecule has 2 aliphatic carbocycles. The average molecular weight is 438 g/mol. The Labute approximate surface area is 187 Å². The Balaban J connectivity index is 1.27. The zero-order valence-electron chi connectivity index (χ0n) is 19.0. The van der Waals surface area contributed by atoms with Gasteiger partial charge in [0.25, 0.3) is 5.91 Å². The first-order chi connectivity index (χ1) is 15.1. The summed E-state index contributed by atoms with van der Waals surface area (Å²) in [5.74, 6) is 1.14. The van der Waals surface area contributed by atoms with Crippen LogP contribution in [0.5, 0.6) is 0 Å². The van der Waals surface area contributed by atoms with Gasteiger partial charge in [-0.1, -0.05) is 27.2 Å². The zero-order chi connectivity index (χ0) is 22.7. The van der Waals surface area contributed by atoms with Gasteiger partial charge in [-0.2, -0.15) is 0 Å². The lowest BCUT2D eigenvalue weighted by Crippen LogP contribution is -2.54. The molecule has 1 aromatic carbocycles. The van der Waals surface area contributed by atoms with Crippen molar-refractivity contribution < 1.29 is 14.4 Å². The minimum atomic E-state index is -0.898. The number of fused-ring (bicyclic) bond motifs is 1. The first-order valence-corrected chi connectivity index (χ1v) is 11.6. The van der Waals surface area contributed by atoms with Crippen molar-refractivity contribution in [1.29, 1.82) is 0 Å². The van der Waals surface area contributed by atoms with E-state index in [-0.39, 0.29) is 17.9 Å². The lowest BCUT2D eigenvalue weighted by Gasteiger charge is -2.43. The molecule has 1 saturated heterocycles. The fraction of sp³-hybridized carbons (Fsp3) is 0.583. The quantitative estimate of drug-likeness (QED) is 0.631. The number of carbonyl (C=O) groups excluding carboxylic acids is 3. The number of anilines is 1. The maximum Gasteiger partial charge on any atom is 0.325 e. The third kappa shape index (κ3) is 3.65. The van der Waals surface area contributed by atoms with E-state index in [1.807, 2.05) is 12.1 Å². The van der Waals surface area contributed by atoms with Gasteiger partial charge < -0.3 is 15.6 Å². The highest BCUT2D eigenvalue weighted by Gasteiger charge is 2.56. The van der Waals surface area contributed by atoms with E-state index >= 15 is 0 Å². The molecule has 2 saturated carbocycles. The van der Waals surface area contributed by atoms with Gasteiger partial charge in [0.1, 0.15) is 17.9 Å². The van der Waals surface area contributed by atoms with Crippen molar-refractivity contribution in [2.75, 3.05) is 11.9 Å². The highest BCUT2D eigenvalue weighted by molar-refractivity contribution is 6.10. The van der Waals surface area contributed by atoms with Gasteiger partial charge in [-0.25, -0.2) is 9.78 Å². The van der Waals surface area contributed by atoms with Crippen LogP contribution in [-0.2, 0) is 9.59 Å². The molecule has 0 radical (unpaired) electrons. The van der Waals surface area contributed by atoms with Crippen LogP contribution in [0.2, 0.25) is 0 Å². The number of hydrogen-bond donors (Lipinski definition) is 3. The van der Waals surface area contributed by atoms with E-state index in [0.29, 0.717) is 30.4 Å². The number of aromatic nitrogens is 2. The number of urea groups is 1. The maximum atomic E-state index is 13.2. The molecule has 32 heavy (non-hydrogen) atoms. The second-order valence-electron chi connectivity index (χ2n) is 10.8. The lowest BCUT2D eigenvalue weighted by molar-refractivity contribution is -0.136. The van der Waals surface area contributed by atoms with Crippen molar-refractivity contribution in [1.82, 2.24) is 20.2 Å². The number of H-pyrrole nitrogens is 1. The van der Waals surface area contributed by atoms with Crippen molar-refractivity contribution in [2.24, 2.45) is 11.3 Å². The second-order valence-corrected chi connectivity index (χ2v) is 10.8. The first kappa shape index (κ1) is 21.0. The van der Waals surface area contributed by atoms with Gasteiger partial charge in [-0.05, 0) is 61.6 Å². The van der Waals surface area contributed by atoms with E-state index in [2.05, 4.69) is 41.4 Å². The minimum absolute atomic E-state index is 0.0449. The molecule has 8 heteroatoms. The van der Waals surface area contributed by atoms with Crippen LogP contribution in [0.25, 0.3) is 11.0 Å². The number of hydrogen-bond acceptors (Lipinski definition) is 4. The summed E-state index contributed by atoms with van der Waals surface area (Å²) in [5.41, 5.74) is 1.41. The molecule has 3 fully saturated rings. The smallest absolute Gasteiger partial charge is 0.325 e. The summed E-state index contributed by atoms with van der Waals surface area (Å²) < 4.78 is 0.